The molecule has 0 aliphatic heterocycles. The molecule has 0 spiro atoms. The number of ketones is 1. The molecule has 1 unspecified atom stereocenters. The van der Waals surface area contributed by atoms with Crippen molar-refractivity contribution in [2.24, 2.45) is 0 Å². The summed E-state index contributed by atoms with van der Waals surface area (Å²) in [6.07, 6.45) is 4.77. The predicted molar refractivity (Wildman–Crippen MR) is 70.4 cm³/mol. The number of hydrogen-bond acceptors (Lipinski definition) is 2. The zero-order chi connectivity index (χ0) is 13.1. The van der Waals surface area contributed by atoms with Crippen molar-refractivity contribution in [2.75, 3.05) is 0 Å². The van der Waals surface area contributed by atoms with E-state index in [4.69, 9.17) is 4.42 Å². The number of unbranched alkanes of at least 4 members (excludes halogenated alkanes) is 1. The molecule has 1 heterocycles. The largest absolute Gasteiger partial charge is 0.468 e. The van der Waals surface area contributed by atoms with E-state index in [0.29, 0.717) is 0 Å². The summed E-state index contributed by atoms with van der Waals surface area (Å²) in [5.74, 6) is 1.01. The quantitative estimate of drug-likeness (QED) is 0.756. The van der Waals surface area contributed by atoms with Gasteiger partial charge in [-0.2, -0.15) is 0 Å². The summed E-state index contributed by atoms with van der Waals surface area (Å²) >= 11 is 0. The van der Waals surface area contributed by atoms with Gasteiger partial charge in [-0.25, -0.2) is 0 Å². The molecule has 1 rings (SSSR count). The van der Waals surface area contributed by atoms with Crippen molar-refractivity contribution in [1.82, 2.24) is 0 Å². The standard InChI is InChI=1S/C15H24O2/c1-6-7-8-12(11(2)16)14-13(9-10-17-14)15(3,4)5/h9-10,12H,6-8H2,1-5H3. The van der Waals surface area contributed by atoms with Crippen LogP contribution in [-0.2, 0) is 10.2 Å². The Morgan fingerprint density at radius 3 is 2.53 bits per heavy atom. The Balaban J connectivity index is 3.03. The molecule has 0 N–H and O–H groups in total. The lowest BCUT2D eigenvalue weighted by molar-refractivity contribution is -0.118. The van der Waals surface area contributed by atoms with Gasteiger partial charge >= 0.3 is 0 Å². The highest BCUT2D eigenvalue weighted by molar-refractivity contribution is 5.83. The minimum absolute atomic E-state index is 0.0300. The van der Waals surface area contributed by atoms with Gasteiger partial charge in [-0.1, -0.05) is 40.5 Å². The summed E-state index contributed by atoms with van der Waals surface area (Å²) < 4.78 is 5.59. The second-order valence-electron chi connectivity index (χ2n) is 5.75. The highest BCUT2D eigenvalue weighted by Crippen LogP contribution is 2.34. The lowest BCUT2D eigenvalue weighted by Gasteiger charge is -2.21. The van der Waals surface area contributed by atoms with Gasteiger partial charge in [0.15, 0.2) is 0 Å². The number of rotatable bonds is 5. The summed E-state index contributed by atoms with van der Waals surface area (Å²) in [4.78, 5) is 11.8. The van der Waals surface area contributed by atoms with Crippen LogP contribution in [0, 0.1) is 0 Å². The highest BCUT2D eigenvalue weighted by Gasteiger charge is 2.28. The smallest absolute Gasteiger partial charge is 0.140 e. The fourth-order valence-electron chi connectivity index (χ4n) is 2.14. The molecular formula is C15H24O2. The van der Waals surface area contributed by atoms with Gasteiger partial charge in [0.25, 0.3) is 0 Å². The van der Waals surface area contributed by atoms with Crippen molar-refractivity contribution in [3.63, 3.8) is 0 Å². The van der Waals surface area contributed by atoms with Crippen LogP contribution in [0.2, 0.25) is 0 Å². The van der Waals surface area contributed by atoms with Gasteiger partial charge in [-0.3, -0.25) is 4.79 Å². The normalized spacial score (nSPS) is 13.7. The van der Waals surface area contributed by atoms with Gasteiger partial charge in [0.2, 0.25) is 0 Å². The Bertz CT molecular complexity index is 369. The van der Waals surface area contributed by atoms with E-state index in [0.717, 1.165) is 30.6 Å². The zero-order valence-corrected chi connectivity index (χ0v) is 11.7. The summed E-state index contributed by atoms with van der Waals surface area (Å²) in [5.41, 5.74) is 1.19. The van der Waals surface area contributed by atoms with Crippen molar-refractivity contribution in [1.29, 1.82) is 0 Å². The number of carbonyl (C=O) groups excluding carboxylic acids is 1. The molecule has 0 aromatic carbocycles. The van der Waals surface area contributed by atoms with Crippen molar-refractivity contribution < 1.29 is 9.21 Å². The van der Waals surface area contributed by atoms with E-state index in [9.17, 15) is 4.79 Å². The second kappa shape index (κ2) is 5.52. The van der Waals surface area contributed by atoms with Gasteiger partial charge in [-0.15, -0.1) is 0 Å². The highest BCUT2D eigenvalue weighted by atomic mass is 16.3. The van der Waals surface area contributed by atoms with E-state index in [-0.39, 0.29) is 17.1 Å². The van der Waals surface area contributed by atoms with Crippen molar-refractivity contribution in [3.8, 4) is 0 Å². The lowest BCUT2D eigenvalue weighted by Crippen LogP contribution is -2.17. The summed E-state index contributed by atoms with van der Waals surface area (Å²) in [5, 5.41) is 0. The molecule has 1 atom stereocenters. The first-order valence-corrected chi connectivity index (χ1v) is 6.46. The van der Waals surface area contributed by atoms with Crippen LogP contribution >= 0.6 is 0 Å². The Kier molecular flexibility index (Phi) is 4.55. The fraction of sp³-hybridized carbons (Fsp3) is 0.667. The van der Waals surface area contributed by atoms with Crippen molar-refractivity contribution in [2.45, 2.75) is 65.2 Å². The van der Waals surface area contributed by atoms with Gasteiger partial charge in [0.1, 0.15) is 11.5 Å². The Morgan fingerprint density at radius 2 is 2.06 bits per heavy atom. The number of carbonyl (C=O) groups is 1. The zero-order valence-electron chi connectivity index (χ0n) is 11.7. The third-order valence-corrected chi connectivity index (χ3v) is 3.16. The van der Waals surface area contributed by atoms with Crippen LogP contribution in [0.25, 0.3) is 0 Å². The Morgan fingerprint density at radius 1 is 1.41 bits per heavy atom. The van der Waals surface area contributed by atoms with E-state index in [1.54, 1.807) is 13.2 Å². The third-order valence-electron chi connectivity index (χ3n) is 3.16. The molecule has 96 valence electrons. The molecule has 0 aliphatic carbocycles. The van der Waals surface area contributed by atoms with Crippen LogP contribution in [0.3, 0.4) is 0 Å². The maximum atomic E-state index is 11.8. The molecule has 2 heteroatoms. The van der Waals surface area contributed by atoms with Crippen molar-refractivity contribution >= 4 is 5.78 Å². The van der Waals surface area contributed by atoms with Crippen LogP contribution in [0.5, 0.6) is 0 Å². The van der Waals surface area contributed by atoms with E-state index in [1.165, 1.54) is 0 Å². The molecule has 0 radical (unpaired) electrons. The van der Waals surface area contributed by atoms with Crippen LogP contribution < -0.4 is 0 Å². The SMILES string of the molecule is CCCCC(C(C)=O)c1occc1C(C)(C)C. The first-order chi connectivity index (χ1) is 7.88. The predicted octanol–water partition coefficient (Wildman–Crippen LogP) is 4.44. The molecule has 0 saturated carbocycles. The van der Waals surface area contributed by atoms with Gasteiger partial charge in [0, 0.05) is 0 Å². The van der Waals surface area contributed by atoms with E-state index in [2.05, 4.69) is 27.7 Å². The monoisotopic (exact) mass is 236 g/mol. The van der Waals surface area contributed by atoms with Crippen LogP contribution in [0.4, 0.5) is 0 Å². The average molecular weight is 236 g/mol. The molecule has 17 heavy (non-hydrogen) atoms. The average Bonchev–Trinajstić information content (AvgIpc) is 2.66. The minimum atomic E-state index is -0.0702. The first kappa shape index (κ1) is 14.0. The fourth-order valence-corrected chi connectivity index (χ4v) is 2.14. The molecule has 0 bridgehead atoms. The number of Topliss-reactive ketones (excluding diaryl/α,β-unsaturated/α-hetero) is 1. The summed E-state index contributed by atoms with van der Waals surface area (Å²) in [6, 6.07) is 2.00. The van der Waals surface area contributed by atoms with Crippen molar-refractivity contribution in [3.05, 3.63) is 23.7 Å². The van der Waals surface area contributed by atoms with Crippen LogP contribution in [0.1, 0.15) is 71.1 Å². The molecule has 0 saturated heterocycles. The minimum Gasteiger partial charge on any atom is -0.468 e. The lowest BCUT2D eigenvalue weighted by atomic mass is 9.82. The molecule has 0 amide bonds. The van der Waals surface area contributed by atoms with E-state index in [1.807, 2.05) is 6.07 Å². The third kappa shape index (κ3) is 3.45. The molecular weight excluding hydrogens is 212 g/mol. The van der Waals surface area contributed by atoms with E-state index < -0.39 is 0 Å². The first-order valence-electron chi connectivity index (χ1n) is 6.46. The van der Waals surface area contributed by atoms with Crippen LogP contribution in [0.15, 0.2) is 16.7 Å². The molecule has 0 fully saturated rings. The maximum absolute atomic E-state index is 11.8. The maximum Gasteiger partial charge on any atom is 0.140 e. The van der Waals surface area contributed by atoms with Crippen LogP contribution in [-0.4, -0.2) is 5.78 Å². The molecule has 0 aliphatic rings. The molecule has 1 aromatic heterocycles. The van der Waals surface area contributed by atoms with Gasteiger partial charge in [0.05, 0.1) is 12.2 Å². The topological polar surface area (TPSA) is 30.2 Å². The summed E-state index contributed by atoms with van der Waals surface area (Å²) in [6.45, 7) is 10.3. The molecule has 2 nitrogen and oxygen atoms in total. The number of furan rings is 1. The Hall–Kier alpha value is -1.05. The van der Waals surface area contributed by atoms with Gasteiger partial charge in [-0.05, 0) is 30.4 Å². The second-order valence-corrected chi connectivity index (χ2v) is 5.75. The molecule has 1 aromatic rings. The van der Waals surface area contributed by atoms with E-state index >= 15 is 0 Å². The summed E-state index contributed by atoms with van der Waals surface area (Å²) in [7, 11) is 0. The Labute approximate surface area is 104 Å². The number of hydrogen-bond donors (Lipinski definition) is 0. The van der Waals surface area contributed by atoms with Gasteiger partial charge < -0.3 is 4.42 Å².